The van der Waals surface area contributed by atoms with Gasteiger partial charge in [0.05, 0.1) is 5.52 Å². The number of nitrogens with zero attached hydrogens (tertiary/aromatic N) is 2. The fourth-order valence-corrected chi connectivity index (χ4v) is 5.38. The summed E-state index contributed by atoms with van der Waals surface area (Å²) in [7, 11) is 0. The van der Waals surface area contributed by atoms with Crippen molar-refractivity contribution in [3.63, 3.8) is 0 Å². The molecule has 0 atom stereocenters. The Hall–Kier alpha value is -2.82. The van der Waals surface area contributed by atoms with Crippen LogP contribution in [0.5, 0.6) is 0 Å². The molecule has 4 nitrogen and oxygen atoms in total. The van der Waals surface area contributed by atoms with Crippen molar-refractivity contribution < 1.29 is 56.3 Å². The number of carbonyl (C=O) groups is 1. The van der Waals surface area contributed by atoms with Crippen LogP contribution in [0.4, 0.5) is 26.3 Å². The first kappa shape index (κ1) is 36.4. The molecule has 2 aromatic carbocycles. The van der Waals surface area contributed by atoms with E-state index < -0.39 is 36.2 Å². The summed E-state index contributed by atoms with van der Waals surface area (Å²) in [6.45, 7) is 11.2. The molecule has 1 radical (unpaired) electrons. The second-order valence-corrected chi connectivity index (χ2v) is 12.2. The van der Waals surface area contributed by atoms with Gasteiger partial charge in [0.2, 0.25) is 5.76 Å². The molecular formula is C31H31F6IrN2O2S-. The summed E-state index contributed by atoms with van der Waals surface area (Å²) in [5.41, 5.74) is 4.20. The number of aromatic nitrogens is 2. The minimum atomic E-state index is -4.83. The smallest absolute Gasteiger partial charge is 0.448 e. The average Bonchev–Trinajstić information content (AvgIpc) is 3.21. The molecule has 0 aliphatic carbocycles. The van der Waals surface area contributed by atoms with Gasteiger partial charge in [0.25, 0.3) is 0 Å². The topological polar surface area (TPSA) is 63.1 Å². The van der Waals surface area contributed by atoms with E-state index in [-0.39, 0.29) is 38.0 Å². The van der Waals surface area contributed by atoms with Crippen LogP contribution in [-0.2, 0) is 36.7 Å². The molecule has 0 spiro atoms. The van der Waals surface area contributed by atoms with Crippen LogP contribution in [0.1, 0.15) is 57.0 Å². The number of aliphatic hydroxyl groups excluding tert-OH is 1. The molecular weight excluding hydrogens is 771 g/mol. The molecule has 4 rings (SSSR count). The molecule has 0 aliphatic heterocycles. The number of halogens is 6. The molecule has 0 amide bonds. The van der Waals surface area contributed by atoms with Gasteiger partial charge in [-0.3, -0.25) is 9.78 Å². The minimum Gasteiger partial charge on any atom is -0.504 e. The maximum absolute atomic E-state index is 12.7. The number of carbonyl (C=O) groups excluding carboxylic acids is 1. The number of hydrogen-bond donors (Lipinski definition) is 1. The van der Waals surface area contributed by atoms with Crippen LogP contribution in [0.25, 0.3) is 32.2 Å². The first-order valence-corrected chi connectivity index (χ1v) is 13.9. The van der Waals surface area contributed by atoms with Gasteiger partial charge in [-0.1, -0.05) is 63.8 Å². The number of hydrogen-bond acceptors (Lipinski definition) is 5. The monoisotopic (exact) mass is 802 g/mol. The Morgan fingerprint density at radius 1 is 1.07 bits per heavy atom. The zero-order chi connectivity index (χ0) is 31.6. The number of aliphatic hydroxyl groups is 1. The number of aryl methyl sites for hydroxylation is 2. The summed E-state index contributed by atoms with van der Waals surface area (Å²) >= 11 is 1.36. The number of benzene rings is 2. The Bertz CT molecular complexity index is 1620. The number of rotatable bonds is 5. The van der Waals surface area contributed by atoms with E-state index in [1.165, 1.54) is 37.1 Å². The Balaban J connectivity index is 0.000000424. The molecule has 1 N–H and O–H groups in total. The summed E-state index contributed by atoms with van der Waals surface area (Å²) < 4.78 is 73.9. The van der Waals surface area contributed by atoms with Crippen LogP contribution in [-0.4, -0.2) is 33.2 Å². The fraction of sp³-hybridized carbons (Fsp3) is 0.387. The summed E-state index contributed by atoms with van der Waals surface area (Å²) in [4.78, 5) is 20.3. The largest absolute Gasteiger partial charge is 0.504 e. The number of thiophene rings is 1. The number of allylic oxidation sites excluding steroid dienone is 2. The molecule has 0 saturated carbocycles. The van der Waals surface area contributed by atoms with E-state index in [9.17, 15) is 31.1 Å². The first-order chi connectivity index (χ1) is 19.3. The predicted molar refractivity (Wildman–Crippen MR) is 154 cm³/mol. The van der Waals surface area contributed by atoms with Gasteiger partial charge in [-0.15, -0.1) is 40.5 Å². The van der Waals surface area contributed by atoms with Gasteiger partial charge in [-0.05, 0) is 24.3 Å². The second-order valence-electron chi connectivity index (χ2n) is 11.1. The summed E-state index contributed by atoms with van der Waals surface area (Å²) in [6.07, 6.45) is -8.19. The van der Waals surface area contributed by atoms with Crippen LogP contribution < -0.4 is 0 Å². The third kappa shape index (κ3) is 9.33. The van der Waals surface area contributed by atoms with Crippen LogP contribution in [0.2, 0.25) is 0 Å². The maximum Gasteiger partial charge on any atom is 0.448 e. The van der Waals surface area contributed by atoms with Crippen molar-refractivity contribution in [2.75, 3.05) is 0 Å². The van der Waals surface area contributed by atoms with E-state index in [0.717, 1.165) is 37.8 Å². The molecule has 4 aromatic rings. The van der Waals surface area contributed by atoms with E-state index in [2.05, 4.69) is 48.9 Å². The van der Waals surface area contributed by atoms with Gasteiger partial charge in [-0.25, -0.2) is 4.98 Å². The third-order valence-corrected chi connectivity index (χ3v) is 7.76. The zero-order valence-corrected chi connectivity index (χ0v) is 27.5. The molecule has 0 bridgehead atoms. The van der Waals surface area contributed by atoms with E-state index >= 15 is 0 Å². The van der Waals surface area contributed by atoms with Gasteiger partial charge >= 0.3 is 12.4 Å². The standard InChI is InChI=1S/C24H22F3N2S.C7H9F3O2.Ir/c1-14-19(9-10-24(25,26)27)30-22-20(14)28-13-29-21(22)16-11-15-7-5-6-8-17(15)18(12-16)23(2,3)4;1-4(2)5(11)3-6(12)7(8,9)10;/h5-8,12-13H,9-10H2,1-4H3;3-4,12H,1-2H3;/q-1;;/b;6-3-;. The van der Waals surface area contributed by atoms with E-state index in [0.29, 0.717) is 4.88 Å². The summed E-state index contributed by atoms with van der Waals surface area (Å²) in [5, 5.41) is 10.5. The van der Waals surface area contributed by atoms with Gasteiger partial charge in [-0.2, -0.15) is 26.3 Å². The summed E-state index contributed by atoms with van der Waals surface area (Å²) in [6, 6.07) is 13.7. The zero-order valence-electron chi connectivity index (χ0n) is 24.3. The van der Waals surface area contributed by atoms with Crippen molar-refractivity contribution in [3.05, 3.63) is 70.6 Å². The number of ketones is 1. The predicted octanol–water partition coefficient (Wildman–Crippen LogP) is 9.63. The van der Waals surface area contributed by atoms with Gasteiger partial charge in [0.15, 0.2) is 5.78 Å². The first-order valence-electron chi connectivity index (χ1n) is 13.1. The van der Waals surface area contributed by atoms with Crippen LogP contribution in [0, 0.1) is 18.9 Å². The maximum atomic E-state index is 12.7. The second kappa shape index (κ2) is 13.9. The Kier molecular flexibility index (Phi) is 11.7. The van der Waals surface area contributed by atoms with Crippen LogP contribution in [0.3, 0.4) is 0 Å². The van der Waals surface area contributed by atoms with Crippen molar-refractivity contribution >= 4 is 38.1 Å². The Morgan fingerprint density at radius 3 is 2.26 bits per heavy atom. The Labute approximate surface area is 263 Å². The van der Waals surface area contributed by atoms with Crippen molar-refractivity contribution in [2.45, 2.75) is 72.2 Å². The molecule has 235 valence electrons. The van der Waals surface area contributed by atoms with E-state index in [1.54, 1.807) is 0 Å². The number of fused-ring (bicyclic) bond motifs is 2. The van der Waals surface area contributed by atoms with Gasteiger partial charge in [0, 0.05) is 53.8 Å². The summed E-state index contributed by atoms with van der Waals surface area (Å²) in [5.74, 6) is -3.14. The van der Waals surface area contributed by atoms with Crippen molar-refractivity contribution in [3.8, 4) is 11.3 Å². The van der Waals surface area contributed by atoms with Crippen molar-refractivity contribution in [1.29, 1.82) is 0 Å². The Morgan fingerprint density at radius 2 is 1.70 bits per heavy atom. The third-order valence-electron chi connectivity index (χ3n) is 6.41. The SMILES string of the molecule is CC(C)C(=O)/C=C(\O)C(F)(F)F.Cc1c(CCC(F)(F)F)sc2c(-c3[c-]c4ccccc4c(C(C)(C)C)c3)ncnc12.[Ir]. The average molecular weight is 802 g/mol. The van der Waals surface area contributed by atoms with E-state index in [1.807, 2.05) is 25.1 Å². The number of alkyl halides is 6. The molecule has 43 heavy (non-hydrogen) atoms. The van der Waals surface area contributed by atoms with Gasteiger partial charge in [0.1, 0.15) is 6.33 Å². The normalized spacial score (nSPS) is 12.7. The molecule has 12 heteroatoms. The van der Waals surface area contributed by atoms with Gasteiger partial charge < -0.3 is 5.11 Å². The minimum absolute atomic E-state index is 0. The van der Waals surface area contributed by atoms with Crippen molar-refractivity contribution in [2.24, 2.45) is 5.92 Å². The molecule has 2 heterocycles. The van der Waals surface area contributed by atoms with Crippen LogP contribution >= 0.6 is 11.3 Å². The quantitative estimate of drug-likeness (QED) is 0.0946. The molecule has 0 fully saturated rings. The van der Waals surface area contributed by atoms with Crippen LogP contribution in [0.15, 0.2) is 48.5 Å². The fourth-order valence-electron chi connectivity index (χ4n) is 4.12. The van der Waals surface area contributed by atoms with Crippen molar-refractivity contribution in [1.82, 2.24) is 9.97 Å². The molecule has 0 aliphatic rings. The van der Waals surface area contributed by atoms with E-state index in [4.69, 9.17) is 5.11 Å². The molecule has 2 aromatic heterocycles. The molecule has 0 saturated heterocycles. The molecule has 0 unspecified atom stereocenters.